The molecule has 0 saturated carbocycles. The van der Waals surface area contributed by atoms with E-state index in [1.165, 1.54) is 22.8 Å². The van der Waals surface area contributed by atoms with Crippen molar-refractivity contribution >= 4 is 11.5 Å². The summed E-state index contributed by atoms with van der Waals surface area (Å²) in [5.41, 5.74) is 9.26. The van der Waals surface area contributed by atoms with Crippen LogP contribution in [0.5, 0.6) is 0 Å². The first-order valence-electron chi connectivity index (χ1n) is 6.86. The lowest BCUT2D eigenvalue weighted by Gasteiger charge is -2.05. The molecule has 3 aromatic rings. The van der Waals surface area contributed by atoms with E-state index in [9.17, 15) is 4.39 Å². The minimum atomic E-state index is -0.300. The molecule has 2 N–H and O–H groups in total. The minimum absolute atomic E-state index is 0.131. The molecule has 0 amide bonds. The highest BCUT2D eigenvalue weighted by molar-refractivity contribution is 5.81. The van der Waals surface area contributed by atoms with Crippen LogP contribution in [-0.2, 0) is 0 Å². The molecule has 0 spiro atoms. The predicted octanol–water partition coefficient (Wildman–Crippen LogP) is 3.11. The predicted molar refractivity (Wildman–Crippen MR) is 81.6 cm³/mol. The second-order valence-electron chi connectivity index (χ2n) is 5.33. The summed E-state index contributed by atoms with van der Waals surface area (Å²) in [5, 5.41) is 13.6. The molecule has 0 bridgehead atoms. The van der Waals surface area contributed by atoms with Crippen LogP contribution < -0.4 is 5.73 Å². The number of nitrogens with two attached hydrogens (primary N) is 1. The second-order valence-corrected chi connectivity index (χ2v) is 5.33. The molecule has 0 aliphatic heterocycles. The summed E-state index contributed by atoms with van der Waals surface area (Å²) in [5.74, 6) is 0.0833. The minimum Gasteiger partial charge on any atom is -0.382 e. The van der Waals surface area contributed by atoms with Crippen LogP contribution in [0.15, 0.2) is 30.5 Å². The van der Waals surface area contributed by atoms with Crippen LogP contribution in [0.4, 0.5) is 10.2 Å². The summed E-state index contributed by atoms with van der Waals surface area (Å²) in [7, 11) is 0. The SMILES string of the molecule is CC(C)c1nn2c(N)c(C#N)cnc2c1-c1ccc(F)cc1. The molecule has 110 valence electrons. The van der Waals surface area contributed by atoms with Gasteiger partial charge in [0.05, 0.1) is 17.5 Å². The number of benzene rings is 1. The Hall–Kier alpha value is -2.94. The number of fused-ring (bicyclic) bond motifs is 1. The van der Waals surface area contributed by atoms with Crippen LogP contribution in [-0.4, -0.2) is 14.6 Å². The standard InChI is InChI=1S/C16H14FN5/c1-9(2)14-13(10-3-5-12(17)6-4-10)16-20-8-11(7-18)15(19)22(16)21-14/h3-6,8-9H,19H2,1-2H3. The van der Waals surface area contributed by atoms with Gasteiger partial charge in [-0.1, -0.05) is 26.0 Å². The zero-order valence-electron chi connectivity index (χ0n) is 12.2. The van der Waals surface area contributed by atoms with E-state index in [4.69, 9.17) is 11.0 Å². The van der Waals surface area contributed by atoms with Crippen molar-refractivity contribution in [3.05, 3.63) is 47.5 Å². The Labute approximate surface area is 126 Å². The van der Waals surface area contributed by atoms with Crippen LogP contribution in [0.3, 0.4) is 0 Å². The van der Waals surface area contributed by atoms with Gasteiger partial charge in [0.25, 0.3) is 0 Å². The number of hydrogen-bond donors (Lipinski definition) is 1. The Kier molecular flexibility index (Phi) is 3.26. The topological polar surface area (TPSA) is 80.0 Å². The van der Waals surface area contributed by atoms with Gasteiger partial charge in [-0.05, 0) is 23.6 Å². The number of rotatable bonds is 2. The van der Waals surface area contributed by atoms with Gasteiger partial charge in [0.2, 0.25) is 0 Å². The first kappa shape index (κ1) is 14.0. The van der Waals surface area contributed by atoms with E-state index in [0.717, 1.165) is 16.8 Å². The van der Waals surface area contributed by atoms with Gasteiger partial charge in [-0.15, -0.1) is 0 Å². The summed E-state index contributed by atoms with van der Waals surface area (Å²) in [6.07, 6.45) is 1.43. The quantitative estimate of drug-likeness (QED) is 0.787. The fourth-order valence-electron chi connectivity index (χ4n) is 2.40. The molecule has 3 rings (SSSR count). The largest absolute Gasteiger partial charge is 0.382 e. The monoisotopic (exact) mass is 295 g/mol. The number of halogens is 1. The molecule has 2 heterocycles. The molecular formula is C16H14FN5. The van der Waals surface area contributed by atoms with Crippen molar-refractivity contribution in [1.82, 2.24) is 14.6 Å². The average Bonchev–Trinajstić information content (AvgIpc) is 2.89. The van der Waals surface area contributed by atoms with E-state index in [1.807, 2.05) is 19.9 Å². The summed E-state index contributed by atoms with van der Waals surface area (Å²) in [6, 6.07) is 8.17. The normalized spacial score (nSPS) is 11.0. The number of aromatic nitrogens is 3. The molecule has 0 atom stereocenters. The second kappa shape index (κ2) is 5.11. The lowest BCUT2D eigenvalue weighted by Crippen LogP contribution is -2.03. The third kappa shape index (κ3) is 2.07. The highest BCUT2D eigenvalue weighted by atomic mass is 19.1. The molecule has 0 unspecified atom stereocenters. The van der Waals surface area contributed by atoms with Crippen molar-refractivity contribution in [3.8, 4) is 17.2 Å². The summed E-state index contributed by atoms with van der Waals surface area (Å²) < 4.78 is 14.7. The third-order valence-corrected chi connectivity index (χ3v) is 3.51. The van der Waals surface area contributed by atoms with Gasteiger partial charge in [0.1, 0.15) is 23.3 Å². The zero-order valence-corrected chi connectivity index (χ0v) is 12.2. The average molecular weight is 295 g/mol. The number of anilines is 1. The van der Waals surface area contributed by atoms with Crippen LogP contribution in [0.25, 0.3) is 16.8 Å². The first-order chi connectivity index (χ1) is 10.5. The van der Waals surface area contributed by atoms with Gasteiger partial charge in [0.15, 0.2) is 5.65 Å². The lowest BCUT2D eigenvalue weighted by atomic mass is 9.99. The molecule has 6 heteroatoms. The third-order valence-electron chi connectivity index (χ3n) is 3.51. The van der Waals surface area contributed by atoms with Gasteiger partial charge in [-0.3, -0.25) is 0 Å². The van der Waals surface area contributed by atoms with Crippen molar-refractivity contribution < 1.29 is 4.39 Å². The first-order valence-corrected chi connectivity index (χ1v) is 6.86. The smallest absolute Gasteiger partial charge is 0.165 e. The molecule has 2 aromatic heterocycles. The Balaban J connectivity index is 2.37. The maximum Gasteiger partial charge on any atom is 0.165 e. The van der Waals surface area contributed by atoms with Crippen molar-refractivity contribution in [3.63, 3.8) is 0 Å². The molecule has 0 fully saturated rings. The molecule has 0 aliphatic rings. The Morgan fingerprint density at radius 3 is 2.55 bits per heavy atom. The van der Waals surface area contributed by atoms with Gasteiger partial charge in [0, 0.05) is 0 Å². The van der Waals surface area contributed by atoms with Crippen LogP contribution in [0.1, 0.15) is 31.0 Å². The summed E-state index contributed by atoms with van der Waals surface area (Å²) in [4.78, 5) is 4.32. The molecule has 0 saturated heterocycles. The molecule has 22 heavy (non-hydrogen) atoms. The number of nitriles is 1. The van der Waals surface area contributed by atoms with Crippen molar-refractivity contribution in [2.75, 3.05) is 5.73 Å². The summed E-state index contributed by atoms with van der Waals surface area (Å²) in [6.45, 7) is 4.02. The van der Waals surface area contributed by atoms with Gasteiger partial charge in [-0.2, -0.15) is 14.9 Å². The van der Waals surface area contributed by atoms with Crippen LogP contribution >= 0.6 is 0 Å². The molecule has 0 radical (unpaired) electrons. The van der Waals surface area contributed by atoms with E-state index in [1.54, 1.807) is 12.1 Å². The van der Waals surface area contributed by atoms with E-state index in [0.29, 0.717) is 5.65 Å². The van der Waals surface area contributed by atoms with Crippen molar-refractivity contribution in [2.24, 2.45) is 0 Å². The zero-order chi connectivity index (χ0) is 15.9. The fraction of sp³-hybridized carbons (Fsp3) is 0.188. The van der Waals surface area contributed by atoms with Gasteiger partial charge < -0.3 is 5.73 Å². The summed E-state index contributed by atoms with van der Waals surface area (Å²) >= 11 is 0. The van der Waals surface area contributed by atoms with Gasteiger partial charge in [-0.25, -0.2) is 9.37 Å². The maximum atomic E-state index is 13.2. The number of nitrogen functional groups attached to an aromatic ring is 1. The van der Waals surface area contributed by atoms with E-state index < -0.39 is 0 Å². The van der Waals surface area contributed by atoms with Crippen LogP contribution in [0.2, 0.25) is 0 Å². The van der Waals surface area contributed by atoms with Crippen LogP contribution in [0, 0.1) is 17.1 Å². The Morgan fingerprint density at radius 2 is 1.95 bits per heavy atom. The number of hydrogen-bond acceptors (Lipinski definition) is 4. The highest BCUT2D eigenvalue weighted by Gasteiger charge is 2.20. The van der Waals surface area contributed by atoms with Gasteiger partial charge >= 0.3 is 0 Å². The van der Waals surface area contributed by atoms with E-state index >= 15 is 0 Å². The Bertz CT molecular complexity index is 888. The van der Waals surface area contributed by atoms with Crippen molar-refractivity contribution in [2.45, 2.75) is 19.8 Å². The highest BCUT2D eigenvalue weighted by Crippen LogP contribution is 2.33. The van der Waals surface area contributed by atoms with Crippen molar-refractivity contribution in [1.29, 1.82) is 5.26 Å². The molecular weight excluding hydrogens is 281 g/mol. The fourth-order valence-corrected chi connectivity index (χ4v) is 2.40. The van der Waals surface area contributed by atoms with E-state index in [-0.39, 0.29) is 23.1 Å². The molecule has 5 nitrogen and oxygen atoms in total. The molecule has 0 aliphatic carbocycles. The maximum absolute atomic E-state index is 13.2. The Morgan fingerprint density at radius 1 is 1.27 bits per heavy atom. The lowest BCUT2D eigenvalue weighted by molar-refractivity contribution is 0.628. The molecule has 1 aromatic carbocycles. The number of nitrogens with zero attached hydrogens (tertiary/aromatic N) is 4. The van der Waals surface area contributed by atoms with E-state index in [2.05, 4.69) is 10.1 Å².